The van der Waals surface area contributed by atoms with Gasteiger partial charge in [-0.25, -0.2) is 4.98 Å². The Bertz CT molecular complexity index is 544. The van der Waals surface area contributed by atoms with E-state index in [1.54, 1.807) is 0 Å². The number of nitrogens with zero attached hydrogens (tertiary/aromatic N) is 1. The molecular formula is C13H15F3N2O3S. The molecule has 9 heteroatoms. The van der Waals surface area contributed by atoms with Crippen LogP contribution in [0.2, 0.25) is 0 Å². The number of carbonyl (C=O) groups is 2. The number of alkyl halides is 3. The van der Waals surface area contributed by atoms with Crippen molar-refractivity contribution in [1.82, 2.24) is 10.3 Å². The number of hydrogen-bond acceptors (Lipinski definition) is 4. The molecule has 1 amide bonds. The van der Waals surface area contributed by atoms with E-state index in [1.165, 1.54) is 19.9 Å². The second kappa shape index (κ2) is 6.99. The van der Waals surface area contributed by atoms with Crippen molar-refractivity contribution in [3.05, 3.63) is 23.9 Å². The summed E-state index contributed by atoms with van der Waals surface area (Å²) in [7, 11) is 0. The van der Waals surface area contributed by atoms with Crippen LogP contribution in [0.5, 0.6) is 0 Å². The zero-order chi connectivity index (χ0) is 17.0. The van der Waals surface area contributed by atoms with E-state index in [0.29, 0.717) is 6.20 Å². The molecule has 0 fully saturated rings. The Kier molecular flexibility index (Phi) is 5.81. The molecule has 0 radical (unpaired) electrons. The summed E-state index contributed by atoms with van der Waals surface area (Å²) in [6, 6.07) is 2.07. The van der Waals surface area contributed by atoms with Crippen molar-refractivity contribution in [2.45, 2.75) is 25.0 Å². The Labute approximate surface area is 129 Å². The van der Waals surface area contributed by atoms with E-state index in [4.69, 9.17) is 5.11 Å². The third-order valence-electron chi connectivity index (χ3n) is 2.72. The molecule has 0 atom stereocenters. The van der Waals surface area contributed by atoms with Crippen LogP contribution in [0.4, 0.5) is 13.2 Å². The number of rotatable bonds is 6. The van der Waals surface area contributed by atoms with E-state index < -0.39 is 29.0 Å². The molecule has 0 spiro atoms. The second-order valence-electron chi connectivity index (χ2n) is 5.14. The van der Waals surface area contributed by atoms with E-state index in [9.17, 15) is 22.8 Å². The van der Waals surface area contributed by atoms with Gasteiger partial charge in [-0.3, -0.25) is 9.59 Å². The number of halogens is 3. The minimum Gasteiger partial charge on any atom is -0.481 e. The van der Waals surface area contributed by atoms with Crippen molar-refractivity contribution >= 4 is 23.6 Å². The van der Waals surface area contributed by atoms with E-state index in [0.717, 1.165) is 17.8 Å². The quantitative estimate of drug-likeness (QED) is 0.780. The molecule has 0 unspecified atom stereocenters. The first-order valence-corrected chi connectivity index (χ1v) is 7.17. The lowest BCUT2D eigenvalue weighted by Crippen LogP contribution is -2.39. The molecule has 0 aliphatic heterocycles. The normalized spacial score (nSPS) is 12.0. The Morgan fingerprint density at radius 3 is 2.41 bits per heavy atom. The third kappa shape index (κ3) is 5.55. The van der Waals surface area contributed by atoms with Crippen molar-refractivity contribution in [2.75, 3.05) is 12.3 Å². The molecular weight excluding hydrogens is 321 g/mol. The number of pyridine rings is 1. The van der Waals surface area contributed by atoms with Gasteiger partial charge in [-0.15, -0.1) is 0 Å². The minimum atomic E-state index is -4.45. The lowest BCUT2D eigenvalue weighted by Gasteiger charge is -2.19. The highest BCUT2D eigenvalue weighted by atomic mass is 32.2. The molecule has 0 aromatic carbocycles. The SMILES string of the molecule is CC(C)(CNC(=O)CSc1ccc(C(F)(F)F)cn1)C(=O)O. The maximum Gasteiger partial charge on any atom is 0.417 e. The summed E-state index contributed by atoms with van der Waals surface area (Å²) >= 11 is 0.969. The zero-order valence-corrected chi connectivity index (χ0v) is 12.7. The fourth-order valence-corrected chi connectivity index (χ4v) is 1.89. The molecule has 0 saturated heterocycles. The lowest BCUT2D eigenvalue weighted by atomic mass is 9.94. The topological polar surface area (TPSA) is 79.3 Å². The Balaban J connectivity index is 2.46. The summed E-state index contributed by atoms with van der Waals surface area (Å²) in [5, 5.41) is 11.6. The van der Waals surface area contributed by atoms with Crippen LogP contribution in [0.25, 0.3) is 0 Å². The van der Waals surface area contributed by atoms with Crippen molar-refractivity contribution in [3.63, 3.8) is 0 Å². The molecule has 5 nitrogen and oxygen atoms in total. The molecule has 2 N–H and O–H groups in total. The molecule has 122 valence electrons. The molecule has 0 bridgehead atoms. The van der Waals surface area contributed by atoms with Crippen LogP contribution in [0.3, 0.4) is 0 Å². The molecule has 0 aliphatic carbocycles. The number of thioether (sulfide) groups is 1. The highest BCUT2D eigenvalue weighted by Crippen LogP contribution is 2.29. The fraction of sp³-hybridized carbons (Fsp3) is 0.462. The van der Waals surface area contributed by atoms with Crippen LogP contribution in [0.1, 0.15) is 19.4 Å². The number of nitrogens with one attached hydrogen (secondary N) is 1. The highest BCUT2D eigenvalue weighted by Gasteiger charge is 2.30. The average molecular weight is 336 g/mol. The molecule has 0 saturated carbocycles. The largest absolute Gasteiger partial charge is 0.481 e. The lowest BCUT2D eigenvalue weighted by molar-refractivity contribution is -0.146. The van der Waals surface area contributed by atoms with Gasteiger partial charge in [0.25, 0.3) is 0 Å². The minimum absolute atomic E-state index is 0.0395. The van der Waals surface area contributed by atoms with Crippen LogP contribution in [0, 0.1) is 5.41 Å². The Hall–Kier alpha value is -1.77. The van der Waals surface area contributed by atoms with Gasteiger partial charge in [-0.05, 0) is 26.0 Å². The first-order chi connectivity index (χ1) is 10.0. The van der Waals surface area contributed by atoms with Gasteiger partial charge in [-0.2, -0.15) is 13.2 Å². The smallest absolute Gasteiger partial charge is 0.417 e. The summed E-state index contributed by atoms with van der Waals surface area (Å²) in [4.78, 5) is 26.1. The van der Waals surface area contributed by atoms with E-state index in [1.807, 2.05) is 0 Å². The molecule has 1 heterocycles. The number of carboxylic acid groups (broad SMARTS) is 1. The maximum atomic E-state index is 12.4. The Morgan fingerprint density at radius 1 is 1.32 bits per heavy atom. The molecule has 22 heavy (non-hydrogen) atoms. The maximum absolute atomic E-state index is 12.4. The standard InChI is InChI=1S/C13H15F3N2O3S/c1-12(2,11(20)21)7-18-9(19)6-22-10-4-3-8(5-17-10)13(14,15)16/h3-5H,6-7H2,1-2H3,(H,18,19)(H,20,21). The molecule has 1 rings (SSSR count). The summed E-state index contributed by atoms with van der Waals surface area (Å²) in [6.07, 6.45) is -3.75. The number of amides is 1. The number of aliphatic carboxylic acids is 1. The molecule has 1 aromatic heterocycles. The van der Waals surface area contributed by atoms with Crippen LogP contribution in [0.15, 0.2) is 23.4 Å². The van der Waals surface area contributed by atoms with Gasteiger partial charge in [0.1, 0.15) is 0 Å². The second-order valence-corrected chi connectivity index (χ2v) is 6.13. The van der Waals surface area contributed by atoms with Crippen LogP contribution in [-0.4, -0.2) is 34.3 Å². The fourth-order valence-electron chi connectivity index (χ4n) is 1.22. The van der Waals surface area contributed by atoms with Crippen molar-refractivity contribution < 1.29 is 27.9 Å². The van der Waals surface area contributed by atoms with Crippen molar-refractivity contribution in [2.24, 2.45) is 5.41 Å². The van der Waals surface area contributed by atoms with Gasteiger partial charge in [0, 0.05) is 12.7 Å². The van der Waals surface area contributed by atoms with E-state index in [-0.39, 0.29) is 17.3 Å². The Morgan fingerprint density at radius 2 is 1.95 bits per heavy atom. The van der Waals surface area contributed by atoms with Gasteiger partial charge in [0.15, 0.2) is 0 Å². The van der Waals surface area contributed by atoms with E-state index >= 15 is 0 Å². The number of aromatic nitrogens is 1. The van der Waals surface area contributed by atoms with Crippen LogP contribution >= 0.6 is 11.8 Å². The van der Waals surface area contributed by atoms with Gasteiger partial charge in [0.2, 0.25) is 5.91 Å². The third-order valence-corrected chi connectivity index (χ3v) is 3.67. The van der Waals surface area contributed by atoms with Crippen molar-refractivity contribution in [1.29, 1.82) is 0 Å². The average Bonchev–Trinajstić information content (AvgIpc) is 2.42. The van der Waals surface area contributed by atoms with E-state index in [2.05, 4.69) is 10.3 Å². The summed E-state index contributed by atoms with van der Waals surface area (Å²) in [5.41, 5.74) is -1.95. The molecule has 1 aromatic rings. The van der Waals surface area contributed by atoms with Gasteiger partial charge in [-0.1, -0.05) is 11.8 Å². The molecule has 0 aliphatic rings. The van der Waals surface area contributed by atoms with Gasteiger partial charge >= 0.3 is 12.1 Å². The first-order valence-electron chi connectivity index (χ1n) is 6.18. The van der Waals surface area contributed by atoms with Crippen molar-refractivity contribution in [3.8, 4) is 0 Å². The number of carboxylic acids is 1. The number of carbonyl (C=O) groups excluding carboxylic acids is 1. The summed E-state index contributed by atoms with van der Waals surface area (Å²) < 4.78 is 37.1. The van der Waals surface area contributed by atoms with Crippen LogP contribution < -0.4 is 5.32 Å². The van der Waals surface area contributed by atoms with Gasteiger partial charge in [0.05, 0.1) is 21.8 Å². The predicted molar refractivity (Wildman–Crippen MR) is 74.4 cm³/mol. The van der Waals surface area contributed by atoms with Gasteiger partial charge < -0.3 is 10.4 Å². The highest BCUT2D eigenvalue weighted by molar-refractivity contribution is 7.99. The van der Waals surface area contributed by atoms with Crippen LogP contribution in [-0.2, 0) is 15.8 Å². The predicted octanol–water partition coefficient (Wildman–Crippen LogP) is 2.42. The first kappa shape index (κ1) is 18.3. The summed E-state index contributed by atoms with van der Waals surface area (Å²) in [6.45, 7) is 2.91. The monoisotopic (exact) mass is 336 g/mol. The summed E-state index contributed by atoms with van der Waals surface area (Å²) in [5.74, 6) is -1.51. The zero-order valence-electron chi connectivity index (χ0n) is 11.9. The number of hydrogen-bond donors (Lipinski definition) is 2.